The zero-order chi connectivity index (χ0) is 14.0. The Labute approximate surface area is 120 Å². The molecule has 19 heavy (non-hydrogen) atoms. The van der Waals surface area contributed by atoms with Gasteiger partial charge in [0.25, 0.3) is 5.91 Å². The Bertz CT molecular complexity index is 572. The first kappa shape index (κ1) is 13.9. The van der Waals surface area contributed by atoms with Gasteiger partial charge in [0.2, 0.25) is 0 Å². The third kappa shape index (κ3) is 2.73. The molecule has 1 aliphatic rings. The van der Waals surface area contributed by atoms with Gasteiger partial charge in [-0.05, 0) is 18.2 Å². The number of ether oxygens (including phenoxy) is 2. The highest BCUT2D eigenvalue weighted by atomic mass is 32.2. The first-order valence-electron chi connectivity index (χ1n) is 5.31. The lowest BCUT2D eigenvalue weighted by molar-refractivity contribution is -0.122. The molecule has 0 aliphatic carbocycles. The molecule has 2 N–H and O–H groups in total. The summed E-state index contributed by atoms with van der Waals surface area (Å²) < 4.78 is 10.7. The van der Waals surface area contributed by atoms with Crippen molar-refractivity contribution in [3.05, 3.63) is 28.7 Å². The van der Waals surface area contributed by atoms with Gasteiger partial charge in [-0.2, -0.15) is 0 Å². The van der Waals surface area contributed by atoms with Crippen LogP contribution in [0.4, 0.5) is 0 Å². The van der Waals surface area contributed by atoms with Crippen LogP contribution in [0.1, 0.15) is 5.56 Å². The summed E-state index contributed by atoms with van der Waals surface area (Å²) in [7, 11) is 3.13. The molecule has 1 aliphatic heterocycles. The van der Waals surface area contributed by atoms with Gasteiger partial charge < -0.3 is 9.47 Å². The second-order valence-corrected chi connectivity index (χ2v) is 5.34. The number of hydrogen-bond donors (Lipinski definition) is 1. The number of benzene rings is 1. The van der Waals surface area contributed by atoms with Crippen LogP contribution in [0.2, 0.25) is 0 Å². The molecule has 1 aromatic carbocycles. The van der Waals surface area contributed by atoms with Gasteiger partial charge in [0.15, 0.2) is 4.32 Å². The highest BCUT2D eigenvalue weighted by molar-refractivity contribution is 8.26. The fourth-order valence-corrected chi connectivity index (χ4v) is 2.65. The predicted molar refractivity (Wildman–Crippen MR) is 78.7 cm³/mol. The third-order valence-electron chi connectivity index (χ3n) is 2.55. The summed E-state index contributed by atoms with van der Waals surface area (Å²) in [6.07, 6.45) is 1.70. The minimum atomic E-state index is -0.312. The van der Waals surface area contributed by atoms with E-state index in [1.54, 1.807) is 38.5 Å². The molecule has 0 radical (unpaired) electrons. The SMILES string of the molecule is COc1ccc(/C=C2/SC(=S)N(N)C2=O)c(OC)c1. The van der Waals surface area contributed by atoms with Gasteiger partial charge in [0, 0.05) is 11.6 Å². The molecule has 0 saturated carbocycles. The molecular formula is C12H12N2O3S2. The van der Waals surface area contributed by atoms with E-state index in [4.69, 9.17) is 27.5 Å². The summed E-state index contributed by atoms with van der Waals surface area (Å²) in [5, 5.41) is 0.960. The van der Waals surface area contributed by atoms with Gasteiger partial charge in [0.05, 0.1) is 19.1 Å². The molecule has 1 amide bonds. The van der Waals surface area contributed by atoms with Crippen molar-refractivity contribution >= 4 is 40.3 Å². The molecule has 1 aromatic rings. The Morgan fingerprint density at radius 3 is 2.63 bits per heavy atom. The van der Waals surface area contributed by atoms with E-state index in [1.807, 2.05) is 0 Å². The van der Waals surface area contributed by atoms with Crippen molar-refractivity contribution < 1.29 is 14.3 Å². The van der Waals surface area contributed by atoms with E-state index in [-0.39, 0.29) is 5.91 Å². The van der Waals surface area contributed by atoms with Crippen LogP contribution < -0.4 is 15.3 Å². The smallest absolute Gasteiger partial charge is 0.280 e. The summed E-state index contributed by atoms with van der Waals surface area (Å²) in [6, 6.07) is 5.34. The molecule has 0 bridgehead atoms. The molecule has 0 aromatic heterocycles. The maximum Gasteiger partial charge on any atom is 0.280 e. The maximum atomic E-state index is 11.8. The zero-order valence-corrected chi connectivity index (χ0v) is 12.0. The second kappa shape index (κ2) is 5.60. The lowest BCUT2D eigenvalue weighted by Crippen LogP contribution is -2.34. The van der Waals surface area contributed by atoms with E-state index in [1.165, 1.54) is 0 Å². The van der Waals surface area contributed by atoms with Gasteiger partial charge in [-0.25, -0.2) is 10.9 Å². The fraction of sp³-hybridized carbons (Fsp3) is 0.167. The van der Waals surface area contributed by atoms with Crippen molar-refractivity contribution in [2.24, 2.45) is 5.84 Å². The van der Waals surface area contributed by atoms with Crippen molar-refractivity contribution in [3.8, 4) is 11.5 Å². The number of hydrogen-bond acceptors (Lipinski definition) is 6. The van der Waals surface area contributed by atoms with E-state index in [2.05, 4.69) is 0 Å². The molecule has 0 spiro atoms. The molecule has 7 heteroatoms. The van der Waals surface area contributed by atoms with Gasteiger partial charge in [0.1, 0.15) is 11.5 Å². The van der Waals surface area contributed by atoms with E-state index in [0.717, 1.165) is 22.3 Å². The number of nitrogens with two attached hydrogens (primary N) is 1. The normalized spacial score (nSPS) is 17.2. The number of carbonyl (C=O) groups is 1. The van der Waals surface area contributed by atoms with Gasteiger partial charge in [-0.15, -0.1) is 0 Å². The molecule has 100 valence electrons. The molecule has 0 unspecified atom stereocenters. The summed E-state index contributed by atoms with van der Waals surface area (Å²) in [4.78, 5) is 12.3. The first-order chi connectivity index (χ1) is 9.06. The standard InChI is InChI=1S/C12H12N2O3S2/c1-16-8-4-3-7(9(6-8)17-2)5-10-11(15)14(13)12(18)19-10/h3-6H,13H2,1-2H3/b10-5+. The average Bonchev–Trinajstić information content (AvgIpc) is 2.67. The Kier molecular flexibility index (Phi) is 4.08. The Hall–Kier alpha value is -1.57. The van der Waals surface area contributed by atoms with Crippen LogP contribution in [-0.2, 0) is 4.79 Å². The first-order valence-corrected chi connectivity index (χ1v) is 6.54. The van der Waals surface area contributed by atoms with E-state index in [0.29, 0.717) is 20.7 Å². The molecule has 1 saturated heterocycles. The monoisotopic (exact) mass is 296 g/mol. The second-order valence-electron chi connectivity index (χ2n) is 3.66. The van der Waals surface area contributed by atoms with E-state index >= 15 is 0 Å². The van der Waals surface area contributed by atoms with Crippen molar-refractivity contribution in [2.75, 3.05) is 14.2 Å². The van der Waals surface area contributed by atoms with Crippen LogP contribution in [0.25, 0.3) is 6.08 Å². The highest BCUT2D eigenvalue weighted by Crippen LogP contribution is 2.33. The lowest BCUT2D eigenvalue weighted by atomic mass is 10.1. The van der Waals surface area contributed by atoms with Crippen molar-refractivity contribution in [3.63, 3.8) is 0 Å². The van der Waals surface area contributed by atoms with Crippen LogP contribution in [-0.4, -0.2) is 29.5 Å². The summed E-state index contributed by atoms with van der Waals surface area (Å²) in [6.45, 7) is 0. The average molecular weight is 296 g/mol. The van der Waals surface area contributed by atoms with Crippen LogP contribution in [0.3, 0.4) is 0 Å². The number of nitrogens with zero attached hydrogens (tertiary/aromatic N) is 1. The third-order valence-corrected chi connectivity index (χ3v) is 3.88. The Morgan fingerprint density at radius 2 is 2.11 bits per heavy atom. The number of thiocarbonyl (C=S) groups is 1. The molecule has 1 fully saturated rings. The van der Waals surface area contributed by atoms with Crippen molar-refractivity contribution in [1.82, 2.24) is 5.01 Å². The quantitative estimate of drug-likeness (QED) is 0.397. The predicted octanol–water partition coefficient (Wildman–Crippen LogP) is 1.78. The minimum Gasteiger partial charge on any atom is -0.497 e. The van der Waals surface area contributed by atoms with E-state index in [9.17, 15) is 4.79 Å². The summed E-state index contributed by atoms with van der Waals surface area (Å²) >= 11 is 6.13. The van der Waals surface area contributed by atoms with Gasteiger partial charge in [-0.3, -0.25) is 4.79 Å². The summed E-state index contributed by atoms with van der Waals surface area (Å²) in [5.74, 6) is 6.49. The minimum absolute atomic E-state index is 0.312. The van der Waals surface area contributed by atoms with Crippen LogP contribution in [0.15, 0.2) is 23.1 Å². The van der Waals surface area contributed by atoms with Crippen LogP contribution in [0.5, 0.6) is 11.5 Å². The Balaban J connectivity index is 2.38. The highest BCUT2D eigenvalue weighted by Gasteiger charge is 2.29. The fourth-order valence-electron chi connectivity index (χ4n) is 1.56. The van der Waals surface area contributed by atoms with Gasteiger partial charge in [-0.1, -0.05) is 24.0 Å². The molecule has 0 atom stereocenters. The molecular weight excluding hydrogens is 284 g/mol. The number of hydrazine groups is 1. The summed E-state index contributed by atoms with van der Waals surface area (Å²) in [5.41, 5.74) is 0.761. The van der Waals surface area contributed by atoms with Crippen molar-refractivity contribution in [2.45, 2.75) is 0 Å². The topological polar surface area (TPSA) is 64.8 Å². The van der Waals surface area contributed by atoms with E-state index < -0.39 is 0 Å². The van der Waals surface area contributed by atoms with Crippen LogP contribution in [0, 0.1) is 0 Å². The molecule has 2 rings (SSSR count). The zero-order valence-electron chi connectivity index (χ0n) is 10.4. The number of amides is 1. The van der Waals surface area contributed by atoms with Crippen LogP contribution >= 0.6 is 24.0 Å². The largest absolute Gasteiger partial charge is 0.497 e. The Morgan fingerprint density at radius 1 is 1.37 bits per heavy atom. The molecule has 5 nitrogen and oxygen atoms in total. The number of methoxy groups -OCH3 is 2. The van der Waals surface area contributed by atoms with Gasteiger partial charge >= 0.3 is 0 Å². The number of carbonyl (C=O) groups excluding carboxylic acids is 1. The lowest BCUT2D eigenvalue weighted by Gasteiger charge is -2.07. The van der Waals surface area contributed by atoms with Crippen molar-refractivity contribution in [1.29, 1.82) is 0 Å². The molecule has 1 heterocycles. The number of thioether (sulfide) groups is 1. The number of rotatable bonds is 3. The maximum absolute atomic E-state index is 11.8.